The first-order valence-corrected chi connectivity index (χ1v) is 8.65. The highest BCUT2D eigenvalue weighted by atomic mass is 35.5. The third-order valence-electron chi connectivity index (χ3n) is 3.46. The van der Waals surface area contributed by atoms with E-state index in [1.807, 2.05) is 6.92 Å². The molecule has 148 valence electrons. The van der Waals surface area contributed by atoms with Crippen LogP contribution < -0.4 is 20.3 Å². The van der Waals surface area contributed by atoms with Crippen LogP contribution in [0.2, 0.25) is 5.02 Å². The van der Waals surface area contributed by atoms with E-state index in [1.165, 1.54) is 31.4 Å². The van der Waals surface area contributed by atoms with E-state index in [1.54, 1.807) is 18.2 Å². The van der Waals surface area contributed by atoms with Crippen molar-refractivity contribution in [2.75, 3.05) is 20.3 Å². The third-order valence-corrected chi connectivity index (χ3v) is 3.71. The Morgan fingerprint density at radius 1 is 0.964 bits per heavy atom. The minimum absolute atomic E-state index is 0.193. The van der Waals surface area contributed by atoms with Gasteiger partial charge < -0.3 is 14.2 Å². The van der Waals surface area contributed by atoms with Crippen molar-refractivity contribution in [3.63, 3.8) is 0 Å². The Kier molecular flexibility index (Phi) is 7.65. The summed E-state index contributed by atoms with van der Waals surface area (Å²) in [6.07, 6.45) is 0. The lowest BCUT2D eigenvalue weighted by Gasteiger charge is -2.11. The summed E-state index contributed by atoms with van der Waals surface area (Å²) in [7, 11) is 1.45. The van der Waals surface area contributed by atoms with Gasteiger partial charge in [-0.2, -0.15) is 0 Å². The second-order valence-corrected chi connectivity index (χ2v) is 5.82. The number of hydrogen-bond acceptors (Lipinski definition) is 6. The Morgan fingerprint density at radius 3 is 2.29 bits per heavy atom. The number of benzene rings is 2. The molecule has 2 amide bonds. The van der Waals surface area contributed by atoms with Crippen molar-refractivity contribution < 1.29 is 28.6 Å². The van der Waals surface area contributed by atoms with Gasteiger partial charge in [-0.15, -0.1) is 0 Å². The zero-order chi connectivity index (χ0) is 20.5. The van der Waals surface area contributed by atoms with Gasteiger partial charge in [0.15, 0.2) is 18.1 Å². The van der Waals surface area contributed by atoms with Crippen LogP contribution in [0, 0.1) is 0 Å². The zero-order valence-electron chi connectivity index (χ0n) is 15.3. The lowest BCUT2D eigenvalue weighted by molar-refractivity contribution is -0.125. The van der Waals surface area contributed by atoms with Crippen LogP contribution in [0.4, 0.5) is 0 Å². The number of esters is 1. The lowest BCUT2D eigenvalue weighted by atomic mass is 10.2. The SMILES string of the molecule is CCOc1ccc(C(=O)OCC(=O)NNC(=O)c2ccc(Cl)cc2)cc1OC. The van der Waals surface area contributed by atoms with E-state index in [9.17, 15) is 14.4 Å². The molecule has 8 nitrogen and oxygen atoms in total. The van der Waals surface area contributed by atoms with Gasteiger partial charge in [0.05, 0.1) is 19.3 Å². The summed E-state index contributed by atoms with van der Waals surface area (Å²) in [6, 6.07) is 10.6. The average molecular weight is 407 g/mol. The Morgan fingerprint density at radius 2 is 1.64 bits per heavy atom. The fourth-order valence-corrected chi connectivity index (χ4v) is 2.25. The van der Waals surface area contributed by atoms with E-state index >= 15 is 0 Å². The van der Waals surface area contributed by atoms with E-state index in [0.717, 1.165) is 0 Å². The third kappa shape index (κ3) is 5.88. The molecule has 0 aliphatic rings. The molecule has 0 unspecified atom stereocenters. The first-order chi connectivity index (χ1) is 13.4. The Hall–Kier alpha value is -3.26. The maximum atomic E-state index is 12.1. The number of carbonyl (C=O) groups excluding carboxylic acids is 3. The van der Waals surface area contributed by atoms with Crippen LogP contribution >= 0.6 is 11.6 Å². The topological polar surface area (TPSA) is 103 Å². The molecule has 0 atom stereocenters. The van der Waals surface area contributed by atoms with Gasteiger partial charge in [-0.3, -0.25) is 20.4 Å². The molecule has 0 heterocycles. The predicted octanol–water partition coefficient (Wildman–Crippen LogP) is 2.37. The minimum atomic E-state index is -0.722. The number of amides is 2. The molecule has 9 heteroatoms. The van der Waals surface area contributed by atoms with Gasteiger partial charge in [0.25, 0.3) is 11.8 Å². The van der Waals surface area contributed by atoms with Crippen LogP contribution in [-0.2, 0) is 9.53 Å². The number of halogens is 1. The van der Waals surface area contributed by atoms with Crippen LogP contribution in [-0.4, -0.2) is 38.1 Å². The molecule has 0 saturated carbocycles. The van der Waals surface area contributed by atoms with E-state index in [2.05, 4.69) is 10.9 Å². The van der Waals surface area contributed by atoms with Crippen LogP contribution in [0.3, 0.4) is 0 Å². The van der Waals surface area contributed by atoms with Crippen molar-refractivity contribution in [3.8, 4) is 11.5 Å². The molecule has 28 heavy (non-hydrogen) atoms. The van der Waals surface area contributed by atoms with Crippen molar-refractivity contribution in [2.45, 2.75) is 6.92 Å². The molecular weight excluding hydrogens is 388 g/mol. The molecule has 0 radical (unpaired) electrons. The summed E-state index contributed by atoms with van der Waals surface area (Å²) in [5.74, 6) is -1.10. The van der Waals surface area contributed by atoms with Crippen molar-refractivity contribution >= 4 is 29.4 Å². The highest BCUT2D eigenvalue weighted by molar-refractivity contribution is 6.30. The Labute approximate surface area is 166 Å². The summed E-state index contributed by atoms with van der Waals surface area (Å²) in [5, 5.41) is 0.485. The molecule has 0 aliphatic heterocycles. The van der Waals surface area contributed by atoms with Crippen molar-refractivity contribution in [1.82, 2.24) is 10.9 Å². The monoisotopic (exact) mass is 406 g/mol. The van der Waals surface area contributed by atoms with Crippen LogP contribution in [0.25, 0.3) is 0 Å². The molecule has 2 aromatic rings. The molecule has 0 aromatic heterocycles. The summed E-state index contributed by atoms with van der Waals surface area (Å²) in [4.78, 5) is 35.7. The highest BCUT2D eigenvalue weighted by Crippen LogP contribution is 2.28. The van der Waals surface area contributed by atoms with Gasteiger partial charge in [-0.05, 0) is 49.4 Å². The van der Waals surface area contributed by atoms with E-state index < -0.39 is 24.4 Å². The van der Waals surface area contributed by atoms with Crippen molar-refractivity contribution in [2.24, 2.45) is 0 Å². The van der Waals surface area contributed by atoms with Crippen molar-refractivity contribution in [3.05, 3.63) is 58.6 Å². The number of rotatable bonds is 7. The normalized spacial score (nSPS) is 9.96. The number of carbonyl (C=O) groups is 3. The second-order valence-electron chi connectivity index (χ2n) is 5.38. The van der Waals surface area contributed by atoms with Gasteiger partial charge in [0.2, 0.25) is 0 Å². The molecule has 0 spiro atoms. The zero-order valence-corrected chi connectivity index (χ0v) is 16.0. The summed E-state index contributed by atoms with van der Waals surface area (Å²) in [6.45, 7) is 1.70. The van der Waals surface area contributed by atoms with Crippen molar-refractivity contribution in [1.29, 1.82) is 0 Å². The van der Waals surface area contributed by atoms with Crippen LogP contribution in [0.5, 0.6) is 11.5 Å². The quantitative estimate of drug-likeness (QED) is 0.540. The summed E-state index contributed by atoms with van der Waals surface area (Å²) < 4.78 is 15.5. The molecule has 2 aromatic carbocycles. The van der Waals surface area contributed by atoms with Gasteiger partial charge in [-0.1, -0.05) is 11.6 Å². The maximum absolute atomic E-state index is 12.1. The number of hydrogen-bond donors (Lipinski definition) is 2. The molecule has 2 N–H and O–H groups in total. The first-order valence-electron chi connectivity index (χ1n) is 8.27. The fraction of sp³-hybridized carbons (Fsp3) is 0.211. The number of hydrazine groups is 1. The van der Waals surface area contributed by atoms with Gasteiger partial charge >= 0.3 is 5.97 Å². The number of nitrogens with one attached hydrogen (secondary N) is 2. The molecule has 0 saturated heterocycles. The number of methoxy groups -OCH3 is 1. The maximum Gasteiger partial charge on any atom is 0.338 e. The molecule has 0 aliphatic carbocycles. The largest absolute Gasteiger partial charge is 0.493 e. The van der Waals surface area contributed by atoms with E-state index in [-0.39, 0.29) is 5.56 Å². The molecule has 0 fully saturated rings. The van der Waals surface area contributed by atoms with Gasteiger partial charge in [-0.25, -0.2) is 4.79 Å². The van der Waals surface area contributed by atoms with Gasteiger partial charge in [0.1, 0.15) is 0 Å². The predicted molar refractivity (Wildman–Crippen MR) is 102 cm³/mol. The second kappa shape index (κ2) is 10.2. The summed E-state index contributed by atoms with van der Waals surface area (Å²) in [5.41, 5.74) is 4.87. The first kappa shape index (κ1) is 21.0. The lowest BCUT2D eigenvalue weighted by Crippen LogP contribution is -2.43. The molecule has 0 bridgehead atoms. The van der Waals surface area contributed by atoms with Crippen LogP contribution in [0.15, 0.2) is 42.5 Å². The average Bonchev–Trinajstić information content (AvgIpc) is 2.71. The minimum Gasteiger partial charge on any atom is -0.493 e. The highest BCUT2D eigenvalue weighted by Gasteiger charge is 2.14. The van der Waals surface area contributed by atoms with E-state index in [0.29, 0.717) is 28.7 Å². The number of ether oxygens (including phenoxy) is 3. The Bertz CT molecular complexity index is 854. The fourth-order valence-electron chi connectivity index (χ4n) is 2.12. The van der Waals surface area contributed by atoms with E-state index in [4.69, 9.17) is 25.8 Å². The summed E-state index contributed by atoms with van der Waals surface area (Å²) >= 11 is 5.74. The standard InChI is InChI=1S/C19H19ClN2O6/c1-3-27-15-9-6-13(10-16(15)26-2)19(25)28-11-17(23)21-22-18(24)12-4-7-14(20)8-5-12/h4-10H,3,11H2,1-2H3,(H,21,23)(H,22,24). The molecular formula is C19H19ClN2O6. The van der Waals surface area contributed by atoms with Gasteiger partial charge in [0, 0.05) is 10.6 Å². The Balaban J connectivity index is 1.84. The molecule has 2 rings (SSSR count). The van der Waals surface area contributed by atoms with Crippen LogP contribution in [0.1, 0.15) is 27.6 Å². The smallest absolute Gasteiger partial charge is 0.338 e.